The molecule has 2 aromatic rings. The number of halogens is 4. The van der Waals surface area contributed by atoms with Crippen LogP contribution >= 0.6 is 11.6 Å². The Morgan fingerprint density at radius 2 is 1.53 bits per heavy atom. The Balaban J connectivity index is 2.37. The van der Waals surface area contributed by atoms with Crippen molar-refractivity contribution in [3.05, 3.63) is 70.2 Å². The number of alkyl halides is 3. The molecule has 0 saturated heterocycles. The van der Waals surface area contributed by atoms with Gasteiger partial charge in [-0.25, -0.2) is 0 Å². The first-order valence-corrected chi connectivity index (χ1v) is 5.86. The molecule has 1 unspecified atom stereocenters. The molecular weight excluding hydrogens is 277 g/mol. The predicted octanol–water partition coefficient (Wildman–Crippen LogP) is 4.44. The van der Waals surface area contributed by atoms with E-state index in [2.05, 4.69) is 0 Å². The number of hydrogen-bond acceptors (Lipinski definition) is 1. The van der Waals surface area contributed by atoms with Gasteiger partial charge in [0, 0.05) is 5.02 Å². The zero-order chi connectivity index (χ0) is 14.0. The highest BCUT2D eigenvalue weighted by molar-refractivity contribution is 6.30. The molecule has 0 aliphatic rings. The first kappa shape index (κ1) is 13.9. The Morgan fingerprint density at radius 3 is 2.11 bits per heavy atom. The van der Waals surface area contributed by atoms with Crippen molar-refractivity contribution in [3.63, 3.8) is 0 Å². The van der Waals surface area contributed by atoms with E-state index in [-0.39, 0.29) is 5.56 Å². The van der Waals surface area contributed by atoms with Crippen molar-refractivity contribution in [2.24, 2.45) is 0 Å². The summed E-state index contributed by atoms with van der Waals surface area (Å²) in [7, 11) is 0. The van der Waals surface area contributed by atoms with Crippen molar-refractivity contribution in [1.82, 2.24) is 0 Å². The standard InChI is InChI=1S/C14H10ClF3O/c15-12-6-2-4-10(8-12)13(19)9-3-1-5-11(7-9)14(16,17)18/h1-8,13,19H. The van der Waals surface area contributed by atoms with Crippen LogP contribution in [-0.2, 0) is 6.18 Å². The number of benzene rings is 2. The van der Waals surface area contributed by atoms with Crippen LogP contribution in [0.25, 0.3) is 0 Å². The summed E-state index contributed by atoms with van der Waals surface area (Å²) in [6, 6.07) is 11.0. The second kappa shape index (κ2) is 5.23. The molecule has 1 nitrogen and oxygen atoms in total. The van der Waals surface area contributed by atoms with Crippen molar-refractivity contribution in [1.29, 1.82) is 0 Å². The molecule has 0 fully saturated rings. The molecule has 0 radical (unpaired) electrons. The third kappa shape index (κ3) is 3.28. The quantitative estimate of drug-likeness (QED) is 0.865. The summed E-state index contributed by atoms with van der Waals surface area (Å²) in [5.41, 5.74) is -0.157. The maximum absolute atomic E-state index is 12.6. The van der Waals surface area contributed by atoms with Crippen molar-refractivity contribution < 1.29 is 18.3 Å². The number of aliphatic hydroxyl groups excluding tert-OH is 1. The second-order valence-corrected chi connectivity index (χ2v) is 4.52. The van der Waals surface area contributed by atoms with Gasteiger partial charge in [0.15, 0.2) is 0 Å². The summed E-state index contributed by atoms with van der Waals surface area (Å²) in [5, 5.41) is 10.5. The zero-order valence-electron chi connectivity index (χ0n) is 9.66. The molecule has 0 saturated carbocycles. The molecule has 0 bridgehead atoms. The molecule has 0 amide bonds. The van der Waals surface area contributed by atoms with Crippen LogP contribution in [0.3, 0.4) is 0 Å². The average molecular weight is 287 g/mol. The first-order valence-electron chi connectivity index (χ1n) is 5.48. The average Bonchev–Trinajstić information content (AvgIpc) is 2.37. The van der Waals surface area contributed by atoms with Gasteiger partial charge in [0.05, 0.1) is 5.56 Å². The van der Waals surface area contributed by atoms with E-state index < -0.39 is 17.8 Å². The minimum atomic E-state index is -4.43. The van der Waals surface area contributed by atoms with Crippen molar-refractivity contribution in [3.8, 4) is 0 Å². The Bertz CT molecular complexity index is 581. The molecular formula is C14H10ClF3O. The molecule has 0 spiro atoms. The fraction of sp³-hybridized carbons (Fsp3) is 0.143. The van der Waals surface area contributed by atoms with Gasteiger partial charge in [0.1, 0.15) is 6.10 Å². The van der Waals surface area contributed by atoms with E-state index >= 15 is 0 Å². The van der Waals surface area contributed by atoms with Gasteiger partial charge >= 0.3 is 6.18 Å². The van der Waals surface area contributed by atoms with Crippen LogP contribution in [-0.4, -0.2) is 5.11 Å². The van der Waals surface area contributed by atoms with Crippen LogP contribution in [0, 0.1) is 0 Å². The van der Waals surface area contributed by atoms with E-state index in [1.807, 2.05) is 0 Å². The molecule has 2 aromatic carbocycles. The Morgan fingerprint density at radius 1 is 0.947 bits per heavy atom. The maximum Gasteiger partial charge on any atom is 0.416 e. The molecule has 0 heterocycles. The fourth-order valence-electron chi connectivity index (χ4n) is 1.75. The lowest BCUT2D eigenvalue weighted by molar-refractivity contribution is -0.137. The molecule has 5 heteroatoms. The minimum Gasteiger partial charge on any atom is -0.384 e. The van der Waals surface area contributed by atoms with Gasteiger partial charge in [-0.1, -0.05) is 35.9 Å². The van der Waals surface area contributed by atoms with Crippen molar-refractivity contribution >= 4 is 11.6 Å². The fourth-order valence-corrected chi connectivity index (χ4v) is 1.95. The number of rotatable bonds is 2. The summed E-state index contributed by atoms with van der Waals surface area (Å²) < 4.78 is 37.8. The van der Waals surface area contributed by atoms with Gasteiger partial charge in [0.25, 0.3) is 0 Å². The third-order valence-corrected chi connectivity index (χ3v) is 2.93. The highest BCUT2D eigenvalue weighted by Crippen LogP contribution is 2.32. The van der Waals surface area contributed by atoms with Crippen LogP contribution < -0.4 is 0 Å². The summed E-state index contributed by atoms with van der Waals surface area (Å²) in [4.78, 5) is 0. The molecule has 1 atom stereocenters. The topological polar surface area (TPSA) is 20.2 Å². The Kier molecular flexibility index (Phi) is 3.83. The second-order valence-electron chi connectivity index (χ2n) is 4.08. The number of aliphatic hydroxyl groups is 1. The van der Waals surface area contributed by atoms with Gasteiger partial charge in [-0.3, -0.25) is 0 Å². The smallest absolute Gasteiger partial charge is 0.384 e. The van der Waals surface area contributed by atoms with Crippen LogP contribution in [0.5, 0.6) is 0 Å². The van der Waals surface area contributed by atoms with Crippen LogP contribution in [0.1, 0.15) is 22.8 Å². The molecule has 100 valence electrons. The predicted molar refractivity (Wildman–Crippen MR) is 67.0 cm³/mol. The van der Waals surface area contributed by atoms with Gasteiger partial charge in [-0.2, -0.15) is 13.2 Å². The summed E-state index contributed by atoms with van der Waals surface area (Å²) in [6.45, 7) is 0. The van der Waals surface area contributed by atoms with Crippen LogP contribution in [0.15, 0.2) is 48.5 Å². The van der Waals surface area contributed by atoms with Crippen molar-refractivity contribution in [2.45, 2.75) is 12.3 Å². The highest BCUT2D eigenvalue weighted by Gasteiger charge is 2.30. The summed E-state index contributed by atoms with van der Waals surface area (Å²) >= 11 is 5.79. The van der Waals surface area contributed by atoms with Crippen LogP contribution in [0.2, 0.25) is 5.02 Å². The molecule has 1 N–H and O–H groups in total. The molecule has 2 rings (SSSR count). The van der Waals surface area contributed by atoms with Crippen LogP contribution in [0.4, 0.5) is 13.2 Å². The third-order valence-electron chi connectivity index (χ3n) is 2.69. The van der Waals surface area contributed by atoms with E-state index in [4.69, 9.17) is 11.6 Å². The molecule has 0 aliphatic carbocycles. The van der Waals surface area contributed by atoms with E-state index in [1.165, 1.54) is 18.2 Å². The normalized spacial score (nSPS) is 13.3. The monoisotopic (exact) mass is 286 g/mol. The van der Waals surface area contributed by atoms with Gasteiger partial charge in [0.2, 0.25) is 0 Å². The first-order chi connectivity index (χ1) is 8.88. The van der Waals surface area contributed by atoms with Gasteiger partial charge in [-0.05, 0) is 35.4 Å². The minimum absolute atomic E-state index is 0.178. The SMILES string of the molecule is OC(c1cccc(Cl)c1)c1cccc(C(F)(F)F)c1. The lowest BCUT2D eigenvalue weighted by Gasteiger charge is -2.14. The highest BCUT2D eigenvalue weighted by atomic mass is 35.5. The lowest BCUT2D eigenvalue weighted by atomic mass is 10.00. The largest absolute Gasteiger partial charge is 0.416 e. The van der Waals surface area contributed by atoms with E-state index in [9.17, 15) is 18.3 Å². The van der Waals surface area contributed by atoms with E-state index in [0.29, 0.717) is 10.6 Å². The maximum atomic E-state index is 12.6. The van der Waals surface area contributed by atoms with E-state index in [1.54, 1.807) is 18.2 Å². The summed E-state index contributed by atoms with van der Waals surface area (Å²) in [5.74, 6) is 0. The lowest BCUT2D eigenvalue weighted by Crippen LogP contribution is -2.07. The Hall–Kier alpha value is -1.52. The van der Waals surface area contributed by atoms with Gasteiger partial charge < -0.3 is 5.11 Å². The molecule has 0 aromatic heterocycles. The summed E-state index contributed by atoms with van der Waals surface area (Å²) in [6.07, 6.45) is -5.56. The molecule has 0 aliphatic heterocycles. The zero-order valence-corrected chi connectivity index (χ0v) is 10.4. The Labute approximate surface area is 113 Å². The molecule has 19 heavy (non-hydrogen) atoms. The number of hydrogen-bond donors (Lipinski definition) is 1. The van der Waals surface area contributed by atoms with Gasteiger partial charge in [-0.15, -0.1) is 0 Å². The van der Waals surface area contributed by atoms with Crippen molar-refractivity contribution in [2.75, 3.05) is 0 Å². The van der Waals surface area contributed by atoms with E-state index in [0.717, 1.165) is 12.1 Å².